The zero-order valence-corrected chi connectivity index (χ0v) is 13.0. The first-order valence-corrected chi connectivity index (χ1v) is 7.32. The third kappa shape index (κ3) is 4.01. The van der Waals surface area contributed by atoms with Gasteiger partial charge in [-0.3, -0.25) is 4.79 Å². The van der Waals surface area contributed by atoms with Crippen molar-refractivity contribution in [3.05, 3.63) is 0 Å². The Morgan fingerprint density at radius 3 is 2.32 bits per heavy atom. The molecule has 1 heterocycles. The van der Waals surface area contributed by atoms with Gasteiger partial charge in [0.25, 0.3) is 0 Å². The first kappa shape index (κ1) is 16.6. The number of ketones is 1. The summed E-state index contributed by atoms with van der Waals surface area (Å²) in [5.41, 5.74) is -1.12. The van der Waals surface area contributed by atoms with Crippen molar-refractivity contribution in [2.75, 3.05) is 26.2 Å². The van der Waals surface area contributed by atoms with Crippen LogP contribution < -0.4 is 0 Å². The predicted molar refractivity (Wildman–Crippen MR) is 76.2 cm³/mol. The van der Waals surface area contributed by atoms with Crippen LogP contribution in [0.5, 0.6) is 0 Å². The van der Waals surface area contributed by atoms with Gasteiger partial charge in [-0.25, -0.2) is 0 Å². The summed E-state index contributed by atoms with van der Waals surface area (Å²) in [6, 6.07) is 0. The highest BCUT2D eigenvalue weighted by molar-refractivity contribution is 5.91. The molecule has 1 rings (SSSR count). The molecule has 0 aromatic carbocycles. The van der Waals surface area contributed by atoms with Crippen molar-refractivity contribution in [1.29, 1.82) is 0 Å². The molecule has 0 bridgehead atoms. The van der Waals surface area contributed by atoms with E-state index in [1.807, 2.05) is 27.7 Å². The van der Waals surface area contributed by atoms with Crippen LogP contribution in [0.1, 0.15) is 47.5 Å². The highest BCUT2D eigenvalue weighted by Gasteiger charge is 2.53. The Hall–Kier alpha value is -0.450. The number of carbonyl (C=O) groups excluding carboxylic acids is 1. The van der Waals surface area contributed by atoms with Crippen LogP contribution in [0.3, 0.4) is 0 Å². The number of hydrogen-bond donors (Lipinski definition) is 1. The van der Waals surface area contributed by atoms with Crippen molar-refractivity contribution in [2.24, 2.45) is 5.92 Å². The van der Waals surface area contributed by atoms with E-state index in [9.17, 15) is 4.79 Å². The maximum atomic E-state index is 12.4. The quantitative estimate of drug-likeness (QED) is 0.768. The van der Waals surface area contributed by atoms with Crippen LogP contribution in [-0.4, -0.2) is 53.2 Å². The summed E-state index contributed by atoms with van der Waals surface area (Å²) in [6.45, 7) is 12.2. The monoisotopic (exact) mass is 271 g/mol. The standard InChI is InChI=1S/C15H29NO3/c1-6-7-8-16(9-10-17)11-12-13(18)15(4,5)19-14(12,2)3/h12,17H,6-11H2,1-5H3. The van der Waals surface area contributed by atoms with Gasteiger partial charge in [-0.05, 0) is 40.7 Å². The van der Waals surface area contributed by atoms with E-state index >= 15 is 0 Å². The minimum absolute atomic E-state index is 0.120. The fraction of sp³-hybridized carbons (Fsp3) is 0.933. The molecule has 0 spiro atoms. The molecule has 0 aliphatic carbocycles. The Morgan fingerprint density at radius 1 is 1.26 bits per heavy atom. The molecule has 1 N–H and O–H groups in total. The van der Waals surface area contributed by atoms with Crippen LogP contribution in [0.4, 0.5) is 0 Å². The lowest BCUT2D eigenvalue weighted by Crippen LogP contribution is -2.42. The van der Waals surface area contributed by atoms with Crippen molar-refractivity contribution in [3.63, 3.8) is 0 Å². The number of unbranched alkanes of at least 4 members (excludes halogenated alkanes) is 1. The molecule has 1 aliphatic heterocycles. The average Bonchev–Trinajstić information content (AvgIpc) is 2.44. The van der Waals surface area contributed by atoms with E-state index in [-0.39, 0.29) is 18.3 Å². The van der Waals surface area contributed by atoms with E-state index in [2.05, 4.69) is 11.8 Å². The Labute approximate surface area is 117 Å². The summed E-state index contributed by atoms with van der Waals surface area (Å²) in [7, 11) is 0. The van der Waals surface area contributed by atoms with Crippen LogP contribution in [0, 0.1) is 5.92 Å². The highest BCUT2D eigenvalue weighted by atomic mass is 16.5. The molecule has 0 aromatic rings. The molecule has 0 saturated carbocycles. The molecule has 4 heteroatoms. The van der Waals surface area contributed by atoms with Gasteiger partial charge in [0.1, 0.15) is 5.60 Å². The van der Waals surface area contributed by atoms with Gasteiger partial charge in [-0.2, -0.15) is 0 Å². The Bertz CT molecular complexity index is 313. The predicted octanol–water partition coefficient (Wildman–Crippen LogP) is 1.85. The number of carbonyl (C=O) groups is 1. The lowest BCUT2D eigenvalue weighted by molar-refractivity contribution is -0.132. The summed E-state index contributed by atoms with van der Waals surface area (Å²) in [6.07, 6.45) is 2.21. The summed E-state index contributed by atoms with van der Waals surface area (Å²) in [5.74, 6) is 0.0582. The van der Waals surface area contributed by atoms with Crippen LogP contribution >= 0.6 is 0 Å². The second kappa shape index (κ2) is 6.33. The summed E-state index contributed by atoms with van der Waals surface area (Å²) in [4.78, 5) is 14.6. The Kier molecular flexibility index (Phi) is 5.53. The molecule has 112 valence electrons. The van der Waals surface area contributed by atoms with Gasteiger partial charge in [0.05, 0.1) is 18.1 Å². The van der Waals surface area contributed by atoms with Gasteiger partial charge >= 0.3 is 0 Å². The van der Waals surface area contributed by atoms with Gasteiger partial charge in [0, 0.05) is 13.1 Å². The van der Waals surface area contributed by atoms with E-state index in [4.69, 9.17) is 9.84 Å². The normalized spacial score (nSPS) is 25.2. The van der Waals surface area contributed by atoms with Gasteiger partial charge in [-0.1, -0.05) is 13.3 Å². The van der Waals surface area contributed by atoms with E-state index in [0.29, 0.717) is 13.1 Å². The lowest BCUT2D eigenvalue weighted by atomic mass is 9.85. The second-order valence-electron chi connectivity index (χ2n) is 6.51. The van der Waals surface area contributed by atoms with Crippen LogP contribution in [-0.2, 0) is 9.53 Å². The number of nitrogens with zero attached hydrogens (tertiary/aromatic N) is 1. The first-order chi connectivity index (χ1) is 8.74. The van der Waals surface area contributed by atoms with Crippen molar-refractivity contribution in [3.8, 4) is 0 Å². The van der Waals surface area contributed by atoms with Gasteiger partial charge in [0.2, 0.25) is 0 Å². The number of hydrogen-bond acceptors (Lipinski definition) is 4. The van der Waals surface area contributed by atoms with Crippen LogP contribution in [0.2, 0.25) is 0 Å². The van der Waals surface area contributed by atoms with Crippen LogP contribution in [0.15, 0.2) is 0 Å². The maximum absolute atomic E-state index is 12.4. The zero-order chi connectivity index (χ0) is 14.7. The molecule has 1 aliphatic rings. The van der Waals surface area contributed by atoms with Gasteiger partial charge in [-0.15, -0.1) is 0 Å². The Balaban J connectivity index is 2.74. The minimum Gasteiger partial charge on any atom is -0.395 e. The van der Waals surface area contributed by atoms with Gasteiger partial charge in [0.15, 0.2) is 5.78 Å². The summed E-state index contributed by atoms with van der Waals surface area (Å²) in [5, 5.41) is 9.15. The zero-order valence-electron chi connectivity index (χ0n) is 13.0. The van der Waals surface area contributed by atoms with Crippen molar-refractivity contribution in [2.45, 2.75) is 58.7 Å². The molecule has 0 amide bonds. The SMILES string of the molecule is CCCCN(CCO)CC1C(=O)C(C)(C)OC1(C)C. The summed E-state index contributed by atoms with van der Waals surface area (Å²) >= 11 is 0. The molecule has 19 heavy (non-hydrogen) atoms. The topological polar surface area (TPSA) is 49.8 Å². The van der Waals surface area contributed by atoms with E-state index in [0.717, 1.165) is 19.4 Å². The Morgan fingerprint density at radius 2 is 1.89 bits per heavy atom. The number of Topliss-reactive ketones (excluding diaryl/α,β-unsaturated/α-hetero) is 1. The third-order valence-electron chi connectivity index (χ3n) is 3.95. The van der Waals surface area contributed by atoms with Crippen LogP contribution in [0.25, 0.3) is 0 Å². The smallest absolute Gasteiger partial charge is 0.171 e. The van der Waals surface area contributed by atoms with E-state index < -0.39 is 11.2 Å². The molecular formula is C15H29NO3. The van der Waals surface area contributed by atoms with Crippen molar-refractivity contribution < 1.29 is 14.6 Å². The molecule has 1 atom stereocenters. The van der Waals surface area contributed by atoms with E-state index in [1.54, 1.807) is 0 Å². The molecular weight excluding hydrogens is 242 g/mol. The number of aliphatic hydroxyl groups is 1. The fourth-order valence-electron chi connectivity index (χ4n) is 2.89. The number of aliphatic hydroxyl groups excluding tert-OH is 1. The van der Waals surface area contributed by atoms with Gasteiger partial charge < -0.3 is 14.7 Å². The third-order valence-corrected chi connectivity index (χ3v) is 3.95. The number of ether oxygens (including phenoxy) is 1. The largest absolute Gasteiger partial charge is 0.395 e. The molecule has 1 unspecified atom stereocenters. The molecule has 4 nitrogen and oxygen atoms in total. The molecule has 1 saturated heterocycles. The maximum Gasteiger partial charge on any atom is 0.171 e. The minimum atomic E-state index is -0.691. The van der Waals surface area contributed by atoms with Crippen molar-refractivity contribution in [1.82, 2.24) is 4.90 Å². The average molecular weight is 271 g/mol. The lowest BCUT2D eigenvalue weighted by Gasteiger charge is -2.30. The molecule has 1 fully saturated rings. The molecule has 0 aromatic heterocycles. The fourth-order valence-corrected chi connectivity index (χ4v) is 2.89. The van der Waals surface area contributed by atoms with E-state index in [1.165, 1.54) is 0 Å². The highest BCUT2D eigenvalue weighted by Crippen LogP contribution is 2.39. The number of rotatable bonds is 7. The summed E-state index contributed by atoms with van der Waals surface area (Å²) < 4.78 is 5.91. The second-order valence-corrected chi connectivity index (χ2v) is 6.51. The molecule has 0 radical (unpaired) electrons. The first-order valence-electron chi connectivity index (χ1n) is 7.32. The van der Waals surface area contributed by atoms with Crippen molar-refractivity contribution >= 4 is 5.78 Å².